The van der Waals surface area contributed by atoms with Gasteiger partial charge in [-0.2, -0.15) is 0 Å². The predicted molar refractivity (Wildman–Crippen MR) is 129 cm³/mol. The molecule has 3 atom stereocenters. The van der Waals surface area contributed by atoms with Crippen LogP contribution in [0.25, 0.3) is 0 Å². The fraction of sp³-hybridized carbons (Fsp3) is 0.348. The van der Waals surface area contributed by atoms with Gasteiger partial charge in [-0.05, 0) is 17.5 Å². The van der Waals surface area contributed by atoms with Crippen LogP contribution < -0.4 is 15.8 Å². The SMILES string of the molecule is C/N=C(/N)S[C@]1(COC)C(c2cc(NC(=O)c3cnc(OCc4ncco4)cn3)cc(F)c2F)[C@@H]1C. The van der Waals surface area contributed by atoms with E-state index in [1.165, 1.54) is 49.8 Å². The molecule has 1 amide bonds. The van der Waals surface area contributed by atoms with Gasteiger partial charge in [0.2, 0.25) is 11.8 Å². The van der Waals surface area contributed by atoms with E-state index >= 15 is 0 Å². The fourth-order valence-electron chi connectivity index (χ4n) is 4.08. The number of halogens is 2. The summed E-state index contributed by atoms with van der Waals surface area (Å²) in [5.41, 5.74) is 6.07. The van der Waals surface area contributed by atoms with Gasteiger partial charge in [0, 0.05) is 31.8 Å². The van der Waals surface area contributed by atoms with Crippen LogP contribution in [0, 0.1) is 17.6 Å². The number of aromatic nitrogens is 3. The molecule has 1 aliphatic rings. The predicted octanol–water partition coefficient (Wildman–Crippen LogP) is 3.37. The summed E-state index contributed by atoms with van der Waals surface area (Å²) >= 11 is 1.27. The van der Waals surface area contributed by atoms with Crippen molar-refractivity contribution in [2.24, 2.45) is 16.6 Å². The number of hydrogen-bond acceptors (Lipinski definition) is 9. The second-order valence-corrected chi connectivity index (χ2v) is 9.47. The molecule has 0 radical (unpaired) electrons. The Hall–Kier alpha value is -3.58. The number of nitrogens with one attached hydrogen (secondary N) is 1. The molecular formula is C23H24F2N6O4S. The molecule has 2 aromatic heterocycles. The third-order valence-corrected chi connectivity index (χ3v) is 7.43. The molecule has 1 saturated carbocycles. The highest BCUT2D eigenvalue weighted by Gasteiger charge is 2.64. The number of anilines is 1. The second kappa shape index (κ2) is 10.6. The number of benzene rings is 1. The normalized spacial score (nSPS) is 21.3. The van der Waals surface area contributed by atoms with Crippen LogP contribution in [0.2, 0.25) is 0 Å². The van der Waals surface area contributed by atoms with Gasteiger partial charge < -0.3 is 24.9 Å². The highest BCUT2D eigenvalue weighted by molar-refractivity contribution is 8.15. The third kappa shape index (κ3) is 5.16. The first kappa shape index (κ1) is 25.5. The van der Waals surface area contributed by atoms with Crippen molar-refractivity contribution in [2.45, 2.75) is 24.2 Å². The van der Waals surface area contributed by atoms with Crippen LogP contribution in [0.1, 0.15) is 34.8 Å². The first-order valence-electron chi connectivity index (χ1n) is 10.8. The molecule has 4 rings (SSSR count). The van der Waals surface area contributed by atoms with E-state index in [0.717, 1.165) is 6.07 Å². The zero-order valence-corrected chi connectivity index (χ0v) is 20.5. The monoisotopic (exact) mass is 518 g/mol. The Bertz CT molecular complexity index is 1260. The fourth-order valence-corrected chi connectivity index (χ4v) is 5.45. The van der Waals surface area contributed by atoms with Crippen LogP contribution in [0.4, 0.5) is 14.5 Å². The van der Waals surface area contributed by atoms with Crippen molar-refractivity contribution in [3.8, 4) is 5.88 Å². The molecule has 2 heterocycles. The van der Waals surface area contributed by atoms with E-state index in [-0.39, 0.29) is 42.0 Å². The van der Waals surface area contributed by atoms with Crippen molar-refractivity contribution >= 4 is 28.5 Å². The quantitative estimate of drug-likeness (QED) is 0.322. The van der Waals surface area contributed by atoms with Crippen molar-refractivity contribution in [3.05, 3.63) is 65.8 Å². The number of hydrogen-bond donors (Lipinski definition) is 2. The van der Waals surface area contributed by atoms with Crippen molar-refractivity contribution in [2.75, 3.05) is 26.1 Å². The minimum atomic E-state index is -1.09. The molecule has 190 valence electrons. The Balaban J connectivity index is 1.50. The molecule has 0 spiro atoms. The van der Waals surface area contributed by atoms with E-state index in [2.05, 4.69) is 25.3 Å². The standard InChI is InChI=1S/C23H24F2N6O4S/c1-12-19(23(12,11-33-3)36-22(26)27-2)14-6-13(7-15(24)20(14)25)31-21(32)16-8-30-17(9-29-16)35-10-18-28-4-5-34-18/h4-9,12,19H,10-11H2,1-3H3,(H2,26,27)(H,31,32)/t12-,19?,23-/m0/s1. The lowest BCUT2D eigenvalue weighted by Crippen LogP contribution is -2.23. The van der Waals surface area contributed by atoms with Gasteiger partial charge in [0.25, 0.3) is 5.91 Å². The van der Waals surface area contributed by atoms with E-state index < -0.39 is 28.2 Å². The summed E-state index contributed by atoms with van der Waals surface area (Å²) < 4.78 is 44.6. The summed E-state index contributed by atoms with van der Waals surface area (Å²) in [6.45, 7) is 2.21. The summed E-state index contributed by atoms with van der Waals surface area (Å²) in [6, 6.07) is 2.33. The highest BCUT2D eigenvalue weighted by Crippen LogP contribution is 2.66. The van der Waals surface area contributed by atoms with Crippen LogP contribution in [0.5, 0.6) is 5.88 Å². The number of methoxy groups -OCH3 is 1. The number of carbonyl (C=O) groups excluding carboxylic acids is 1. The third-order valence-electron chi connectivity index (χ3n) is 5.91. The van der Waals surface area contributed by atoms with E-state index in [9.17, 15) is 13.6 Å². The summed E-state index contributed by atoms with van der Waals surface area (Å²) in [6.07, 6.45) is 5.36. The lowest BCUT2D eigenvalue weighted by Gasteiger charge is -2.17. The summed E-state index contributed by atoms with van der Waals surface area (Å²) in [4.78, 5) is 28.6. The van der Waals surface area contributed by atoms with E-state index in [0.29, 0.717) is 11.1 Å². The maximum absolute atomic E-state index is 14.9. The number of nitrogens with zero attached hydrogens (tertiary/aromatic N) is 4. The van der Waals surface area contributed by atoms with E-state index in [1.807, 2.05) is 6.92 Å². The van der Waals surface area contributed by atoms with Gasteiger partial charge in [-0.3, -0.25) is 9.79 Å². The Morgan fingerprint density at radius 2 is 2.11 bits per heavy atom. The summed E-state index contributed by atoms with van der Waals surface area (Å²) in [5.74, 6) is -2.70. The first-order valence-corrected chi connectivity index (χ1v) is 11.6. The van der Waals surface area contributed by atoms with E-state index in [1.54, 1.807) is 7.05 Å². The zero-order chi connectivity index (χ0) is 25.9. The van der Waals surface area contributed by atoms with Gasteiger partial charge in [-0.15, -0.1) is 0 Å². The average molecular weight is 519 g/mol. The Morgan fingerprint density at radius 1 is 1.31 bits per heavy atom. The number of thioether (sulfide) groups is 1. The number of oxazole rings is 1. The topological polar surface area (TPSA) is 138 Å². The van der Waals surface area contributed by atoms with Gasteiger partial charge in [-0.1, -0.05) is 18.7 Å². The maximum atomic E-state index is 14.9. The van der Waals surface area contributed by atoms with Crippen molar-refractivity contribution in [3.63, 3.8) is 0 Å². The molecule has 1 fully saturated rings. The van der Waals surface area contributed by atoms with Gasteiger partial charge in [0.05, 0.1) is 29.9 Å². The van der Waals surface area contributed by atoms with Crippen LogP contribution in [-0.2, 0) is 11.3 Å². The first-order chi connectivity index (χ1) is 17.3. The summed E-state index contributed by atoms with van der Waals surface area (Å²) in [7, 11) is 3.08. The number of nitrogens with two attached hydrogens (primary N) is 1. The second-order valence-electron chi connectivity index (χ2n) is 8.09. The molecule has 1 aromatic carbocycles. The Labute approximate surface area is 209 Å². The Morgan fingerprint density at radius 3 is 2.75 bits per heavy atom. The average Bonchev–Trinajstić information content (AvgIpc) is 3.19. The molecule has 36 heavy (non-hydrogen) atoms. The molecule has 1 unspecified atom stereocenters. The van der Waals surface area contributed by atoms with Crippen molar-refractivity contribution in [1.29, 1.82) is 0 Å². The number of ether oxygens (including phenoxy) is 2. The smallest absolute Gasteiger partial charge is 0.275 e. The van der Waals surface area contributed by atoms with Gasteiger partial charge in [0.15, 0.2) is 23.4 Å². The number of amides is 1. The molecular weight excluding hydrogens is 494 g/mol. The number of aliphatic imine (C=N–C) groups is 1. The van der Waals surface area contributed by atoms with E-state index in [4.69, 9.17) is 19.6 Å². The minimum absolute atomic E-state index is 0.0410. The minimum Gasteiger partial charge on any atom is -0.467 e. The lowest BCUT2D eigenvalue weighted by molar-refractivity contribution is 0.102. The molecule has 3 aromatic rings. The van der Waals surface area contributed by atoms with Gasteiger partial charge >= 0.3 is 0 Å². The molecule has 0 bridgehead atoms. The maximum Gasteiger partial charge on any atom is 0.275 e. The number of carbonyl (C=O) groups is 1. The van der Waals surface area contributed by atoms with Crippen LogP contribution in [-0.4, -0.2) is 51.5 Å². The molecule has 0 aliphatic heterocycles. The van der Waals surface area contributed by atoms with Crippen LogP contribution in [0.15, 0.2) is 46.4 Å². The van der Waals surface area contributed by atoms with Crippen LogP contribution >= 0.6 is 11.8 Å². The zero-order valence-electron chi connectivity index (χ0n) is 19.7. The molecule has 3 N–H and O–H groups in total. The van der Waals surface area contributed by atoms with Crippen molar-refractivity contribution < 1.29 is 27.5 Å². The molecule has 10 nitrogen and oxygen atoms in total. The van der Waals surface area contributed by atoms with Gasteiger partial charge in [-0.25, -0.2) is 23.7 Å². The van der Waals surface area contributed by atoms with Gasteiger partial charge in [0.1, 0.15) is 12.0 Å². The number of amidine groups is 1. The Kier molecular flexibility index (Phi) is 7.50. The summed E-state index contributed by atoms with van der Waals surface area (Å²) in [5, 5.41) is 2.87. The highest BCUT2D eigenvalue weighted by atomic mass is 32.2. The molecule has 0 saturated heterocycles. The molecule has 1 aliphatic carbocycles. The largest absolute Gasteiger partial charge is 0.467 e. The van der Waals surface area contributed by atoms with Crippen LogP contribution in [0.3, 0.4) is 0 Å². The van der Waals surface area contributed by atoms with Crippen molar-refractivity contribution in [1.82, 2.24) is 15.0 Å². The number of rotatable bonds is 9. The lowest BCUT2D eigenvalue weighted by atomic mass is 10.1. The molecule has 13 heteroatoms.